The number of hydroxylamine groups is 1. The number of rotatable bonds is 7. The number of benzene rings is 1. The Kier molecular flexibility index (Phi) is 7.98. The highest BCUT2D eigenvalue weighted by Gasteiger charge is 2.50. The summed E-state index contributed by atoms with van der Waals surface area (Å²) in [7, 11) is 3.05. The highest BCUT2D eigenvalue weighted by Crippen LogP contribution is 2.38. The monoisotopic (exact) mass is 535 g/mol. The second kappa shape index (κ2) is 11.2. The van der Waals surface area contributed by atoms with Crippen molar-refractivity contribution in [1.29, 1.82) is 0 Å². The van der Waals surface area contributed by atoms with Crippen LogP contribution in [0.2, 0.25) is 0 Å². The van der Waals surface area contributed by atoms with Gasteiger partial charge in [0.05, 0.1) is 13.7 Å². The first-order chi connectivity index (χ1) is 18.2. The second-order valence-corrected chi connectivity index (χ2v) is 8.56. The Morgan fingerprint density at radius 2 is 1.92 bits per heavy atom. The van der Waals surface area contributed by atoms with E-state index in [1.165, 1.54) is 16.5 Å². The van der Waals surface area contributed by atoms with Crippen molar-refractivity contribution in [1.82, 2.24) is 19.8 Å². The van der Waals surface area contributed by atoms with Crippen molar-refractivity contribution in [3.63, 3.8) is 0 Å². The molecule has 2 aliphatic heterocycles. The van der Waals surface area contributed by atoms with Gasteiger partial charge < -0.3 is 25.1 Å². The number of alkyl halides is 3. The van der Waals surface area contributed by atoms with Crippen molar-refractivity contribution in [3.05, 3.63) is 40.2 Å². The molecular formula is C24H28F3N7O4. The number of carbonyl (C=O) groups is 1. The Morgan fingerprint density at radius 3 is 2.53 bits per heavy atom. The van der Waals surface area contributed by atoms with Gasteiger partial charge in [0.15, 0.2) is 12.0 Å². The second-order valence-electron chi connectivity index (χ2n) is 8.56. The van der Waals surface area contributed by atoms with E-state index in [-0.39, 0.29) is 30.5 Å². The van der Waals surface area contributed by atoms with Gasteiger partial charge in [-0.2, -0.15) is 18.2 Å². The minimum absolute atomic E-state index is 0.00765. The Hall–Kier alpha value is -3.96. The van der Waals surface area contributed by atoms with Crippen LogP contribution in [-0.2, 0) is 23.2 Å². The van der Waals surface area contributed by atoms with Crippen LogP contribution in [0.25, 0.3) is 0 Å². The molecule has 2 N–H and O–H groups in total. The Labute approximate surface area is 217 Å². The van der Waals surface area contributed by atoms with Crippen LogP contribution in [0.5, 0.6) is 5.75 Å². The van der Waals surface area contributed by atoms with Crippen molar-refractivity contribution >= 4 is 23.4 Å². The van der Waals surface area contributed by atoms with Gasteiger partial charge in [0, 0.05) is 39.8 Å². The maximum absolute atomic E-state index is 13.6. The van der Waals surface area contributed by atoms with Crippen LogP contribution in [0.1, 0.15) is 12.5 Å². The fraction of sp³-hybridized carbons (Fsp3) is 0.458. The van der Waals surface area contributed by atoms with Crippen LogP contribution >= 0.6 is 0 Å². The molecule has 2 aromatic rings. The standard InChI is InChI=1S/C24H28F3N7O4/c1-4-5-12-33-18-19(34(38-21(36)24(25,26)27)23(33)32-13-10-28-11-14-32)30-22(31(2)20(18)35)29-15-16-6-8-17(37-3)9-7-16/h6-9,23,28H,10-15H2,1-3H3,(H,29,30). The van der Waals surface area contributed by atoms with Crippen LogP contribution in [0.15, 0.2) is 29.1 Å². The molecule has 3 heterocycles. The number of anilines is 3. The summed E-state index contributed by atoms with van der Waals surface area (Å²) in [5.74, 6) is 3.74. The van der Waals surface area contributed by atoms with E-state index >= 15 is 0 Å². The van der Waals surface area contributed by atoms with Crippen LogP contribution < -0.4 is 30.9 Å². The number of carbonyl (C=O) groups excluding carboxylic acids is 1. The molecule has 204 valence electrons. The van der Waals surface area contributed by atoms with Crippen LogP contribution in [0.3, 0.4) is 0 Å². The van der Waals surface area contributed by atoms with Gasteiger partial charge in [-0.15, -0.1) is 11.0 Å². The lowest BCUT2D eigenvalue weighted by Gasteiger charge is -2.40. The quantitative estimate of drug-likeness (QED) is 0.504. The molecule has 0 saturated carbocycles. The summed E-state index contributed by atoms with van der Waals surface area (Å²) < 4.78 is 46.2. The van der Waals surface area contributed by atoms with Crippen LogP contribution in [0.4, 0.5) is 30.6 Å². The first kappa shape index (κ1) is 27.1. The summed E-state index contributed by atoms with van der Waals surface area (Å²) in [5, 5.41) is 6.99. The topological polar surface area (TPSA) is 104 Å². The number of methoxy groups -OCH3 is 1. The largest absolute Gasteiger partial charge is 0.497 e. The molecule has 2 aliphatic rings. The number of ether oxygens (including phenoxy) is 1. The number of nitrogens with zero attached hydrogens (tertiary/aromatic N) is 5. The lowest BCUT2D eigenvalue weighted by molar-refractivity contribution is -0.203. The maximum atomic E-state index is 13.6. The molecule has 4 rings (SSSR count). The van der Waals surface area contributed by atoms with Gasteiger partial charge in [0.25, 0.3) is 5.56 Å². The highest BCUT2D eigenvalue weighted by atomic mass is 19.4. The number of fused-ring (bicyclic) bond motifs is 1. The number of piperazine rings is 1. The highest BCUT2D eigenvalue weighted by molar-refractivity contribution is 5.80. The number of hydrogen-bond acceptors (Lipinski definition) is 10. The zero-order valence-electron chi connectivity index (χ0n) is 21.1. The molecule has 1 aromatic heterocycles. The molecule has 0 bridgehead atoms. The molecule has 11 nitrogen and oxygen atoms in total. The summed E-state index contributed by atoms with van der Waals surface area (Å²) in [4.78, 5) is 38.2. The van der Waals surface area contributed by atoms with Gasteiger partial charge in [-0.25, -0.2) is 4.79 Å². The van der Waals surface area contributed by atoms with Crippen molar-refractivity contribution in [2.45, 2.75) is 25.9 Å². The van der Waals surface area contributed by atoms with Gasteiger partial charge in [0.2, 0.25) is 11.8 Å². The summed E-state index contributed by atoms with van der Waals surface area (Å²) in [5.41, 5.74) is 0.305. The molecular weight excluding hydrogens is 507 g/mol. The fourth-order valence-corrected chi connectivity index (χ4v) is 4.23. The summed E-state index contributed by atoms with van der Waals surface area (Å²) in [6, 6.07) is 7.19. The van der Waals surface area contributed by atoms with Gasteiger partial charge in [-0.3, -0.25) is 14.3 Å². The lowest BCUT2D eigenvalue weighted by atomic mass is 10.2. The summed E-state index contributed by atoms with van der Waals surface area (Å²) >= 11 is 0. The van der Waals surface area contributed by atoms with Crippen molar-refractivity contribution in [2.75, 3.05) is 55.1 Å². The predicted molar refractivity (Wildman–Crippen MR) is 133 cm³/mol. The average Bonchev–Trinajstić information content (AvgIpc) is 3.21. The van der Waals surface area contributed by atoms with E-state index in [4.69, 9.17) is 9.57 Å². The minimum Gasteiger partial charge on any atom is -0.497 e. The van der Waals surface area contributed by atoms with Gasteiger partial charge >= 0.3 is 12.1 Å². The van der Waals surface area contributed by atoms with E-state index in [1.807, 2.05) is 17.0 Å². The third kappa shape index (κ3) is 5.48. The maximum Gasteiger partial charge on any atom is 0.493 e. The SMILES string of the molecule is CC#CCN1c2c(nc(NCc3ccc(OC)cc3)n(C)c2=O)N(OC(=O)C(F)(F)F)C1N1CCNCC1. The van der Waals surface area contributed by atoms with Crippen LogP contribution in [-0.4, -0.2) is 72.7 Å². The summed E-state index contributed by atoms with van der Waals surface area (Å²) in [6.45, 7) is 3.85. The number of halogens is 3. The number of aromatic nitrogens is 2. The number of nitrogens with one attached hydrogen (secondary N) is 2. The molecule has 1 unspecified atom stereocenters. The van der Waals surface area contributed by atoms with E-state index < -0.39 is 24.0 Å². The molecule has 38 heavy (non-hydrogen) atoms. The minimum atomic E-state index is -5.25. The normalized spacial score (nSPS) is 17.5. The van der Waals surface area contributed by atoms with Crippen LogP contribution in [0, 0.1) is 11.8 Å². The van der Waals surface area contributed by atoms with E-state index in [0.29, 0.717) is 31.9 Å². The molecule has 1 aromatic carbocycles. The third-order valence-corrected chi connectivity index (χ3v) is 6.16. The zero-order chi connectivity index (χ0) is 27.4. The smallest absolute Gasteiger partial charge is 0.493 e. The van der Waals surface area contributed by atoms with Gasteiger partial charge in [-0.05, 0) is 24.6 Å². The molecule has 14 heteroatoms. The van der Waals surface area contributed by atoms with Crippen molar-refractivity contribution in [2.24, 2.45) is 7.05 Å². The van der Waals surface area contributed by atoms with Crippen molar-refractivity contribution < 1.29 is 27.5 Å². The molecule has 1 fully saturated rings. The third-order valence-electron chi connectivity index (χ3n) is 6.16. The first-order valence-electron chi connectivity index (χ1n) is 11.8. The fourth-order valence-electron chi connectivity index (χ4n) is 4.23. The number of hydrogen-bond donors (Lipinski definition) is 2. The molecule has 1 atom stereocenters. The predicted octanol–water partition coefficient (Wildman–Crippen LogP) is 1.26. The lowest BCUT2D eigenvalue weighted by Crippen LogP contribution is -2.61. The van der Waals surface area contributed by atoms with E-state index in [1.54, 1.807) is 26.2 Å². The summed E-state index contributed by atoms with van der Waals surface area (Å²) in [6.07, 6.45) is -6.30. The van der Waals surface area contributed by atoms with Gasteiger partial charge in [-0.1, -0.05) is 18.1 Å². The first-order valence-corrected chi connectivity index (χ1v) is 11.8. The zero-order valence-corrected chi connectivity index (χ0v) is 21.1. The van der Waals surface area contributed by atoms with E-state index in [9.17, 15) is 22.8 Å². The molecule has 0 amide bonds. The van der Waals surface area contributed by atoms with Gasteiger partial charge in [0.1, 0.15) is 5.75 Å². The van der Waals surface area contributed by atoms with E-state index in [2.05, 4.69) is 27.5 Å². The van der Waals surface area contributed by atoms with E-state index in [0.717, 1.165) is 10.6 Å². The molecule has 1 saturated heterocycles. The molecule has 0 aliphatic carbocycles. The Balaban J connectivity index is 1.76. The molecule has 0 radical (unpaired) electrons. The Morgan fingerprint density at radius 1 is 1.24 bits per heavy atom. The Bertz CT molecular complexity index is 1280. The van der Waals surface area contributed by atoms with Crippen molar-refractivity contribution in [3.8, 4) is 17.6 Å². The molecule has 0 spiro atoms. The average molecular weight is 536 g/mol.